The maximum absolute atomic E-state index is 11.8. The molecule has 1 saturated carbocycles. The van der Waals surface area contributed by atoms with E-state index in [0.717, 1.165) is 35.7 Å². The van der Waals surface area contributed by atoms with Crippen LogP contribution in [0.4, 0.5) is 5.82 Å². The molecule has 0 spiro atoms. The van der Waals surface area contributed by atoms with Crippen LogP contribution in [0, 0.1) is 6.92 Å². The highest BCUT2D eigenvalue weighted by molar-refractivity contribution is 5.90. The Hall–Kier alpha value is -2.50. The van der Waals surface area contributed by atoms with E-state index in [1.807, 2.05) is 19.1 Å². The van der Waals surface area contributed by atoms with Gasteiger partial charge >= 0.3 is 5.97 Å². The van der Waals surface area contributed by atoms with Gasteiger partial charge in [-0.2, -0.15) is 0 Å². The van der Waals surface area contributed by atoms with Crippen molar-refractivity contribution in [1.82, 2.24) is 15.0 Å². The van der Waals surface area contributed by atoms with Gasteiger partial charge in [-0.3, -0.25) is 4.98 Å². The van der Waals surface area contributed by atoms with Crippen LogP contribution in [0.1, 0.15) is 46.2 Å². The van der Waals surface area contributed by atoms with E-state index in [2.05, 4.69) is 20.3 Å². The van der Waals surface area contributed by atoms with Crippen molar-refractivity contribution in [1.29, 1.82) is 0 Å². The summed E-state index contributed by atoms with van der Waals surface area (Å²) in [6.07, 6.45) is 3.69. The van der Waals surface area contributed by atoms with Gasteiger partial charge in [-0.1, -0.05) is 0 Å². The van der Waals surface area contributed by atoms with Crippen LogP contribution < -0.4 is 5.32 Å². The van der Waals surface area contributed by atoms with Gasteiger partial charge in [0.05, 0.1) is 30.6 Å². The minimum absolute atomic E-state index is 0.319. The fourth-order valence-corrected chi connectivity index (χ4v) is 2.30. The van der Waals surface area contributed by atoms with Gasteiger partial charge in [0.1, 0.15) is 12.1 Å². The summed E-state index contributed by atoms with van der Waals surface area (Å²) in [6.45, 7) is 2.47. The fourth-order valence-electron chi connectivity index (χ4n) is 2.30. The van der Waals surface area contributed by atoms with Gasteiger partial charge in [-0.15, -0.1) is 0 Å². The Kier molecular flexibility index (Phi) is 4.00. The molecule has 0 bridgehead atoms. The smallest absolute Gasteiger partial charge is 0.339 e. The molecule has 2 heterocycles. The topological polar surface area (TPSA) is 77.0 Å². The van der Waals surface area contributed by atoms with Crippen LogP contribution in [0.2, 0.25) is 0 Å². The summed E-state index contributed by atoms with van der Waals surface area (Å²) in [4.78, 5) is 24.7. The second kappa shape index (κ2) is 6.09. The molecule has 0 unspecified atom stereocenters. The summed E-state index contributed by atoms with van der Waals surface area (Å²) in [5.74, 6) is 0.829. The first-order valence-electron chi connectivity index (χ1n) is 7.28. The van der Waals surface area contributed by atoms with Gasteiger partial charge in [0.2, 0.25) is 0 Å². The second-order valence-corrected chi connectivity index (χ2v) is 5.40. The molecule has 6 nitrogen and oxygen atoms in total. The van der Waals surface area contributed by atoms with Crippen molar-refractivity contribution >= 4 is 11.8 Å². The van der Waals surface area contributed by atoms with Crippen LogP contribution >= 0.6 is 0 Å². The molecule has 2 aromatic heterocycles. The minimum Gasteiger partial charge on any atom is -0.465 e. The normalized spacial score (nSPS) is 13.7. The fraction of sp³-hybridized carbons (Fsp3) is 0.375. The molecule has 0 saturated heterocycles. The molecule has 22 heavy (non-hydrogen) atoms. The Balaban J connectivity index is 1.77. The number of anilines is 1. The summed E-state index contributed by atoms with van der Waals surface area (Å²) in [7, 11) is 1.39. The number of carbonyl (C=O) groups is 1. The summed E-state index contributed by atoms with van der Waals surface area (Å²) in [6, 6.07) is 5.53. The number of methoxy groups -OCH3 is 1. The number of esters is 1. The van der Waals surface area contributed by atoms with Crippen molar-refractivity contribution in [2.24, 2.45) is 0 Å². The van der Waals surface area contributed by atoms with E-state index in [0.29, 0.717) is 18.0 Å². The number of carbonyl (C=O) groups excluding carboxylic acids is 1. The van der Waals surface area contributed by atoms with E-state index in [1.165, 1.54) is 13.4 Å². The van der Waals surface area contributed by atoms with E-state index in [-0.39, 0.29) is 5.97 Å². The maximum Gasteiger partial charge on any atom is 0.339 e. The largest absolute Gasteiger partial charge is 0.465 e. The van der Waals surface area contributed by atoms with Gasteiger partial charge in [0.25, 0.3) is 0 Å². The first-order chi connectivity index (χ1) is 10.7. The number of nitrogens with zero attached hydrogens (tertiary/aromatic N) is 3. The Morgan fingerprint density at radius 2 is 2.18 bits per heavy atom. The molecule has 2 aromatic rings. The molecule has 114 valence electrons. The number of pyridine rings is 1. The lowest BCUT2D eigenvalue weighted by molar-refractivity contribution is 0.0599. The average molecular weight is 298 g/mol. The van der Waals surface area contributed by atoms with Crippen molar-refractivity contribution in [2.45, 2.75) is 32.2 Å². The molecule has 0 aromatic carbocycles. The number of rotatable bonds is 5. The molecule has 1 N–H and O–H groups in total. The molecule has 1 aliphatic carbocycles. The highest BCUT2D eigenvalue weighted by Crippen LogP contribution is 2.40. The lowest BCUT2D eigenvalue weighted by Crippen LogP contribution is -2.10. The van der Waals surface area contributed by atoms with Crippen LogP contribution in [-0.4, -0.2) is 28.0 Å². The molecular formula is C16H18N4O2. The second-order valence-electron chi connectivity index (χ2n) is 5.40. The zero-order valence-electron chi connectivity index (χ0n) is 12.7. The molecule has 0 radical (unpaired) electrons. The number of nitrogens with one attached hydrogen (secondary N) is 1. The first-order valence-corrected chi connectivity index (χ1v) is 7.28. The molecular weight excluding hydrogens is 280 g/mol. The molecule has 0 atom stereocenters. The number of ether oxygens (including phenoxy) is 1. The van der Waals surface area contributed by atoms with Crippen LogP contribution in [0.5, 0.6) is 0 Å². The van der Waals surface area contributed by atoms with Crippen molar-refractivity contribution in [2.75, 3.05) is 12.4 Å². The monoisotopic (exact) mass is 298 g/mol. The zero-order chi connectivity index (χ0) is 15.5. The number of hydrogen-bond acceptors (Lipinski definition) is 6. The van der Waals surface area contributed by atoms with Crippen molar-refractivity contribution in [3.63, 3.8) is 0 Å². The van der Waals surface area contributed by atoms with Crippen molar-refractivity contribution < 1.29 is 9.53 Å². The van der Waals surface area contributed by atoms with Crippen molar-refractivity contribution in [3.05, 3.63) is 47.2 Å². The Bertz CT molecular complexity index is 698. The standard InChI is InChI=1S/C16H18N4O2/c1-10-7-14(19-9-18-10)17-8-12-5-6-13(16(21)22-2)15(20-12)11-3-4-11/h5-7,9,11H,3-4,8H2,1-2H3,(H,17,18,19). The molecule has 6 heteroatoms. The Morgan fingerprint density at radius 3 is 2.86 bits per heavy atom. The molecule has 1 aliphatic rings. The van der Waals surface area contributed by atoms with Gasteiger partial charge in [0, 0.05) is 17.7 Å². The SMILES string of the molecule is COC(=O)c1ccc(CNc2cc(C)ncn2)nc1C1CC1. The quantitative estimate of drug-likeness (QED) is 0.854. The van der Waals surface area contributed by atoms with Crippen LogP contribution in [0.25, 0.3) is 0 Å². The van der Waals surface area contributed by atoms with Crippen molar-refractivity contribution in [3.8, 4) is 0 Å². The van der Waals surface area contributed by atoms with E-state index in [4.69, 9.17) is 4.74 Å². The minimum atomic E-state index is -0.319. The number of hydrogen-bond donors (Lipinski definition) is 1. The summed E-state index contributed by atoms with van der Waals surface area (Å²) >= 11 is 0. The third kappa shape index (κ3) is 3.21. The van der Waals surface area contributed by atoms with Gasteiger partial charge in [-0.25, -0.2) is 14.8 Å². The Labute approximate surface area is 129 Å². The molecule has 1 fully saturated rings. The van der Waals surface area contributed by atoms with Crippen LogP contribution in [0.3, 0.4) is 0 Å². The third-order valence-corrected chi connectivity index (χ3v) is 3.61. The van der Waals surface area contributed by atoms with Gasteiger partial charge < -0.3 is 10.1 Å². The van der Waals surface area contributed by atoms with E-state index >= 15 is 0 Å². The number of aryl methyl sites for hydroxylation is 1. The third-order valence-electron chi connectivity index (χ3n) is 3.61. The highest BCUT2D eigenvalue weighted by atomic mass is 16.5. The van der Waals surface area contributed by atoms with E-state index in [9.17, 15) is 4.79 Å². The van der Waals surface area contributed by atoms with Crippen LogP contribution in [0.15, 0.2) is 24.5 Å². The molecule has 3 rings (SSSR count). The van der Waals surface area contributed by atoms with E-state index < -0.39 is 0 Å². The Morgan fingerprint density at radius 1 is 1.36 bits per heavy atom. The van der Waals surface area contributed by atoms with Gasteiger partial charge in [-0.05, 0) is 31.9 Å². The summed E-state index contributed by atoms with van der Waals surface area (Å²) < 4.78 is 4.83. The zero-order valence-corrected chi connectivity index (χ0v) is 12.7. The summed E-state index contributed by atoms with van der Waals surface area (Å²) in [5, 5.41) is 3.22. The highest BCUT2D eigenvalue weighted by Gasteiger charge is 2.30. The number of aromatic nitrogens is 3. The lowest BCUT2D eigenvalue weighted by atomic mass is 10.1. The van der Waals surface area contributed by atoms with Crippen LogP contribution in [-0.2, 0) is 11.3 Å². The average Bonchev–Trinajstić information content (AvgIpc) is 3.37. The predicted octanol–water partition coefficient (Wildman–Crippen LogP) is 2.46. The first kappa shape index (κ1) is 14.4. The van der Waals surface area contributed by atoms with E-state index in [1.54, 1.807) is 6.07 Å². The lowest BCUT2D eigenvalue weighted by Gasteiger charge is -2.10. The maximum atomic E-state index is 11.8. The predicted molar refractivity (Wildman–Crippen MR) is 81.6 cm³/mol. The molecule has 0 aliphatic heterocycles. The molecule has 0 amide bonds. The van der Waals surface area contributed by atoms with Gasteiger partial charge in [0.15, 0.2) is 0 Å². The summed E-state index contributed by atoms with van der Waals surface area (Å²) in [5.41, 5.74) is 3.22.